The third-order valence-corrected chi connectivity index (χ3v) is 3.22. The average molecular weight is 263 g/mol. The molecule has 0 aliphatic heterocycles. The lowest BCUT2D eigenvalue weighted by molar-refractivity contribution is 0.458. The predicted molar refractivity (Wildman–Crippen MR) is 78.1 cm³/mol. The zero-order chi connectivity index (χ0) is 13.5. The van der Waals surface area contributed by atoms with E-state index in [1.807, 2.05) is 23.1 Å². The number of nitrogens with zero attached hydrogens (tertiary/aromatic N) is 3. The largest absolute Gasteiger partial charge is 0.357 e. The van der Waals surface area contributed by atoms with E-state index in [-0.39, 0.29) is 0 Å². The summed E-state index contributed by atoms with van der Waals surface area (Å²) >= 11 is 0. The van der Waals surface area contributed by atoms with Crippen LogP contribution < -0.4 is 10.6 Å². The van der Waals surface area contributed by atoms with Gasteiger partial charge < -0.3 is 10.6 Å². The van der Waals surface area contributed by atoms with Gasteiger partial charge in [-0.2, -0.15) is 5.10 Å². The van der Waals surface area contributed by atoms with Crippen LogP contribution in [0.3, 0.4) is 0 Å². The summed E-state index contributed by atoms with van der Waals surface area (Å²) in [4.78, 5) is 4.65. The molecule has 1 unspecified atom stereocenters. The zero-order valence-corrected chi connectivity index (χ0v) is 12.0. The SMILES string of the molecule is CCNC(=NCC(C)Cn1cccn1)NCC1CC1. The molecule has 5 nitrogen and oxygen atoms in total. The van der Waals surface area contributed by atoms with E-state index < -0.39 is 0 Å². The van der Waals surface area contributed by atoms with Crippen molar-refractivity contribution in [1.82, 2.24) is 20.4 Å². The second-order valence-electron chi connectivity index (χ2n) is 5.38. The van der Waals surface area contributed by atoms with Crippen molar-refractivity contribution in [3.63, 3.8) is 0 Å². The molecule has 1 aromatic rings. The Hall–Kier alpha value is -1.52. The molecule has 0 spiro atoms. The first-order valence-electron chi connectivity index (χ1n) is 7.27. The predicted octanol–water partition coefficient (Wildman–Crippen LogP) is 1.48. The molecule has 1 aliphatic carbocycles. The van der Waals surface area contributed by atoms with Gasteiger partial charge in [0.2, 0.25) is 0 Å². The lowest BCUT2D eigenvalue weighted by atomic mass is 10.2. The minimum atomic E-state index is 0.483. The van der Waals surface area contributed by atoms with Crippen LogP contribution in [-0.2, 0) is 6.54 Å². The van der Waals surface area contributed by atoms with E-state index >= 15 is 0 Å². The Morgan fingerprint density at radius 3 is 2.95 bits per heavy atom. The van der Waals surface area contributed by atoms with Crippen LogP contribution >= 0.6 is 0 Å². The van der Waals surface area contributed by atoms with E-state index in [0.29, 0.717) is 5.92 Å². The molecule has 1 fully saturated rings. The zero-order valence-electron chi connectivity index (χ0n) is 12.0. The Bertz CT molecular complexity index is 381. The van der Waals surface area contributed by atoms with E-state index in [1.165, 1.54) is 12.8 Å². The Labute approximate surface area is 115 Å². The van der Waals surface area contributed by atoms with Gasteiger partial charge in [0.05, 0.1) is 0 Å². The van der Waals surface area contributed by atoms with Crippen LogP contribution in [0.25, 0.3) is 0 Å². The number of aliphatic imine (C=N–C) groups is 1. The lowest BCUT2D eigenvalue weighted by Gasteiger charge is -2.13. The van der Waals surface area contributed by atoms with Crippen LogP contribution in [0.15, 0.2) is 23.5 Å². The number of hydrogen-bond acceptors (Lipinski definition) is 2. The maximum atomic E-state index is 4.65. The number of nitrogens with one attached hydrogen (secondary N) is 2. The average Bonchev–Trinajstić information content (AvgIpc) is 3.09. The van der Waals surface area contributed by atoms with Gasteiger partial charge in [-0.15, -0.1) is 0 Å². The Kier molecular flexibility index (Phi) is 5.24. The first kappa shape index (κ1) is 13.9. The molecule has 0 bridgehead atoms. The van der Waals surface area contributed by atoms with Gasteiger partial charge in [0.15, 0.2) is 5.96 Å². The molecule has 19 heavy (non-hydrogen) atoms. The second kappa shape index (κ2) is 7.16. The molecule has 1 atom stereocenters. The highest BCUT2D eigenvalue weighted by Crippen LogP contribution is 2.27. The number of hydrogen-bond donors (Lipinski definition) is 2. The molecule has 1 aromatic heterocycles. The van der Waals surface area contributed by atoms with Gasteiger partial charge in [-0.1, -0.05) is 6.92 Å². The van der Waals surface area contributed by atoms with Crippen LogP contribution in [0.5, 0.6) is 0 Å². The molecule has 1 saturated carbocycles. The van der Waals surface area contributed by atoms with Gasteiger partial charge in [-0.25, -0.2) is 0 Å². The van der Waals surface area contributed by atoms with Crippen molar-refractivity contribution in [3.05, 3.63) is 18.5 Å². The fraction of sp³-hybridized carbons (Fsp3) is 0.714. The summed E-state index contributed by atoms with van der Waals surface area (Å²) in [7, 11) is 0. The standard InChI is InChI=1S/C14H25N5/c1-3-15-14(17-10-13-5-6-13)16-9-12(2)11-19-8-4-7-18-19/h4,7-8,12-13H,3,5-6,9-11H2,1-2H3,(H2,15,16,17). The second-order valence-corrected chi connectivity index (χ2v) is 5.38. The molecule has 2 N–H and O–H groups in total. The topological polar surface area (TPSA) is 54.2 Å². The monoisotopic (exact) mass is 263 g/mol. The molecular weight excluding hydrogens is 238 g/mol. The van der Waals surface area contributed by atoms with E-state index in [9.17, 15) is 0 Å². The fourth-order valence-corrected chi connectivity index (χ4v) is 1.94. The summed E-state index contributed by atoms with van der Waals surface area (Å²) in [5, 5.41) is 10.9. The lowest BCUT2D eigenvalue weighted by Crippen LogP contribution is -2.38. The molecule has 106 valence electrons. The minimum absolute atomic E-state index is 0.483. The number of rotatable bonds is 7. The highest BCUT2D eigenvalue weighted by Gasteiger charge is 2.21. The molecule has 0 radical (unpaired) electrons. The van der Waals surface area contributed by atoms with Crippen molar-refractivity contribution in [3.8, 4) is 0 Å². The van der Waals surface area contributed by atoms with Gasteiger partial charge in [0.1, 0.15) is 0 Å². The first-order chi connectivity index (χ1) is 9.28. The van der Waals surface area contributed by atoms with Gasteiger partial charge in [-0.05, 0) is 37.7 Å². The molecule has 0 aromatic carbocycles. The molecule has 1 heterocycles. The summed E-state index contributed by atoms with van der Waals surface area (Å²) in [6.45, 7) is 8.00. The van der Waals surface area contributed by atoms with Crippen molar-refractivity contribution >= 4 is 5.96 Å². The summed E-state index contributed by atoms with van der Waals surface area (Å²) < 4.78 is 1.96. The highest BCUT2D eigenvalue weighted by atomic mass is 15.3. The fourth-order valence-electron chi connectivity index (χ4n) is 1.94. The first-order valence-corrected chi connectivity index (χ1v) is 7.27. The van der Waals surface area contributed by atoms with Crippen molar-refractivity contribution in [2.75, 3.05) is 19.6 Å². The third-order valence-electron chi connectivity index (χ3n) is 3.22. The summed E-state index contributed by atoms with van der Waals surface area (Å²) in [6, 6.07) is 1.96. The molecule has 0 amide bonds. The van der Waals surface area contributed by atoms with Crippen molar-refractivity contribution in [2.24, 2.45) is 16.8 Å². The van der Waals surface area contributed by atoms with E-state index in [2.05, 4.69) is 34.6 Å². The Balaban J connectivity index is 1.75. The molecule has 0 saturated heterocycles. The van der Waals surface area contributed by atoms with Crippen LogP contribution in [0, 0.1) is 11.8 Å². The van der Waals surface area contributed by atoms with Gasteiger partial charge in [0, 0.05) is 38.6 Å². The van der Waals surface area contributed by atoms with Crippen LogP contribution in [-0.4, -0.2) is 35.4 Å². The number of guanidine groups is 1. The molecule has 2 rings (SSSR count). The van der Waals surface area contributed by atoms with E-state index in [1.54, 1.807) is 0 Å². The minimum Gasteiger partial charge on any atom is -0.357 e. The summed E-state index contributed by atoms with van der Waals surface area (Å²) in [5.41, 5.74) is 0. The van der Waals surface area contributed by atoms with Crippen LogP contribution in [0.2, 0.25) is 0 Å². The summed E-state index contributed by atoms with van der Waals surface area (Å²) in [5.74, 6) is 2.29. The smallest absolute Gasteiger partial charge is 0.191 e. The number of aromatic nitrogens is 2. The van der Waals surface area contributed by atoms with Gasteiger partial charge in [-0.3, -0.25) is 9.67 Å². The molecule has 1 aliphatic rings. The van der Waals surface area contributed by atoms with Gasteiger partial charge in [0.25, 0.3) is 0 Å². The Morgan fingerprint density at radius 2 is 2.32 bits per heavy atom. The van der Waals surface area contributed by atoms with E-state index in [4.69, 9.17) is 0 Å². The van der Waals surface area contributed by atoms with Crippen molar-refractivity contribution < 1.29 is 0 Å². The van der Waals surface area contributed by atoms with Crippen molar-refractivity contribution in [1.29, 1.82) is 0 Å². The van der Waals surface area contributed by atoms with Crippen molar-refractivity contribution in [2.45, 2.75) is 33.2 Å². The normalized spacial score (nSPS) is 17.3. The molecule has 5 heteroatoms. The van der Waals surface area contributed by atoms with Gasteiger partial charge >= 0.3 is 0 Å². The Morgan fingerprint density at radius 1 is 1.47 bits per heavy atom. The maximum Gasteiger partial charge on any atom is 0.191 e. The quantitative estimate of drug-likeness (QED) is 0.579. The highest BCUT2D eigenvalue weighted by molar-refractivity contribution is 5.79. The third kappa shape index (κ3) is 5.32. The summed E-state index contributed by atoms with van der Waals surface area (Å²) in [6.07, 6.45) is 6.54. The van der Waals surface area contributed by atoms with Crippen LogP contribution in [0.4, 0.5) is 0 Å². The molecular formula is C14H25N5. The van der Waals surface area contributed by atoms with Crippen LogP contribution in [0.1, 0.15) is 26.7 Å². The van der Waals surface area contributed by atoms with E-state index in [0.717, 1.165) is 38.1 Å². The maximum absolute atomic E-state index is 4.65.